The first-order chi connectivity index (χ1) is 14.0. The highest BCUT2D eigenvalue weighted by molar-refractivity contribution is 7.21. The van der Waals surface area contributed by atoms with Gasteiger partial charge >= 0.3 is 0 Å². The predicted octanol–water partition coefficient (Wildman–Crippen LogP) is 5.30. The lowest BCUT2D eigenvalue weighted by atomic mass is 10.1. The Balaban J connectivity index is 1.50. The van der Waals surface area contributed by atoms with Crippen LogP contribution in [0.2, 0.25) is 0 Å². The van der Waals surface area contributed by atoms with Crippen molar-refractivity contribution in [3.05, 3.63) is 71.4 Å². The normalized spacial score (nSPS) is 10.9. The van der Waals surface area contributed by atoms with Gasteiger partial charge in [-0.15, -0.1) is 0 Å². The summed E-state index contributed by atoms with van der Waals surface area (Å²) in [4.78, 5) is 22.4. The molecule has 0 unspecified atom stereocenters. The van der Waals surface area contributed by atoms with Crippen LogP contribution in [0.15, 0.2) is 54.7 Å². The van der Waals surface area contributed by atoms with Crippen LogP contribution in [0.3, 0.4) is 0 Å². The molecule has 0 fully saturated rings. The lowest BCUT2D eigenvalue weighted by Gasteiger charge is -2.12. The molecule has 4 aromatic rings. The number of hydrogen-bond acceptors (Lipinski definition) is 5. The molecule has 2 aromatic carbocycles. The minimum atomic E-state index is -0.197. The number of pyridine rings is 1. The molecule has 0 atom stereocenters. The summed E-state index contributed by atoms with van der Waals surface area (Å²) in [7, 11) is 0. The van der Waals surface area contributed by atoms with E-state index in [1.165, 1.54) is 11.3 Å². The molecule has 146 valence electrons. The molecule has 0 radical (unpaired) electrons. The number of nitrogens with zero attached hydrogens (tertiary/aromatic N) is 2. The zero-order valence-electron chi connectivity index (χ0n) is 16.5. The van der Waals surface area contributed by atoms with Gasteiger partial charge in [0.15, 0.2) is 6.61 Å². The summed E-state index contributed by atoms with van der Waals surface area (Å²) < 4.78 is 5.72. The van der Waals surface area contributed by atoms with Crippen LogP contribution in [0.1, 0.15) is 16.7 Å². The van der Waals surface area contributed by atoms with Crippen molar-refractivity contribution in [2.24, 2.45) is 0 Å². The molecule has 0 spiro atoms. The maximum absolute atomic E-state index is 12.5. The molecule has 5 nitrogen and oxygen atoms in total. The number of aryl methyl sites for hydroxylation is 2. The molecule has 0 aliphatic heterocycles. The Morgan fingerprint density at radius 1 is 1.07 bits per heavy atom. The summed E-state index contributed by atoms with van der Waals surface area (Å²) in [6, 6.07) is 15.6. The molecule has 0 saturated heterocycles. The Hall–Kier alpha value is -3.25. The summed E-state index contributed by atoms with van der Waals surface area (Å²) in [5.41, 5.74) is 5.74. The number of ether oxygens (including phenoxy) is 1. The Bertz CT molecular complexity index is 1170. The van der Waals surface area contributed by atoms with Crippen LogP contribution in [-0.2, 0) is 4.79 Å². The second-order valence-corrected chi connectivity index (χ2v) is 7.89. The van der Waals surface area contributed by atoms with Gasteiger partial charge in [0.1, 0.15) is 21.1 Å². The van der Waals surface area contributed by atoms with Crippen LogP contribution in [0.4, 0.5) is 5.69 Å². The maximum Gasteiger partial charge on any atom is 0.262 e. The van der Waals surface area contributed by atoms with Gasteiger partial charge in [0.05, 0.1) is 0 Å². The zero-order chi connectivity index (χ0) is 20.4. The molecular formula is C23H21N3O2S. The first-order valence-electron chi connectivity index (χ1n) is 9.33. The molecule has 0 saturated carbocycles. The number of rotatable bonds is 5. The van der Waals surface area contributed by atoms with Gasteiger partial charge in [-0.25, -0.2) is 9.97 Å². The minimum absolute atomic E-state index is 0.0426. The fourth-order valence-electron chi connectivity index (χ4n) is 2.99. The standard InChI is InChI=1S/C23H21N3O2S/c1-14-6-4-8-20(16(14)3)28-13-21(27)25-19-12-17(10-9-15(19)2)22-26-18-7-5-11-24-23(18)29-22/h4-12H,13H2,1-3H3,(H,25,27). The molecular weight excluding hydrogens is 382 g/mol. The van der Waals surface area contributed by atoms with Crippen LogP contribution in [0, 0.1) is 20.8 Å². The largest absolute Gasteiger partial charge is 0.483 e. The first-order valence-corrected chi connectivity index (χ1v) is 10.1. The van der Waals surface area contributed by atoms with E-state index in [1.54, 1.807) is 6.20 Å². The van der Waals surface area contributed by atoms with Crippen molar-refractivity contribution in [3.8, 4) is 16.3 Å². The predicted molar refractivity (Wildman–Crippen MR) is 118 cm³/mol. The summed E-state index contributed by atoms with van der Waals surface area (Å²) in [6.07, 6.45) is 1.76. The fourth-order valence-corrected chi connectivity index (χ4v) is 3.90. The van der Waals surface area contributed by atoms with Crippen molar-refractivity contribution in [2.45, 2.75) is 20.8 Å². The monoisotopic (exact) mass is 403 g/mol. The van der Waals surface area contributed by atoms with Gasteiger partial charge in [0.2, 0.25) is 0 Å². The van der Waals surface area contributed by atoms with Gasteiger partial charge in [0.25, 0.3) is 5.91 Å². The highest BCUT2D eigenvalue weighted by Gasteiger charge is 2.12. The van der Waals surface area contributed by atoms with Gasteiger partial charge < -0.3 is 10.1 Å². The topological polar surface area (TPSA) is 64.1 Å². The molecule has 4 rings (SSSR count). The summed E-state index contributed by atoms with van der Waals surface area (Å²) in [5.74, 6) is 0.532. The Morgan fingerprint density at radius 3 is 2.76 bits per heavy atom. The van der Waals surface area contributed by atoms with Gasteiger partial charge in [-0.05, 0) is 61.7 Å². The summed E-state index contributed by atoms with van der Waals surface area (Å²) in [6.45, 7) is 5.93. The highest BCUT2D eigenvalue weighted by atomic mass is 32.1. The van der Waals surface area contributed by atoms with E-state index >= 15 is 0 Å². The van der Waals surface area contributed by atoms with E-state index in [-0.39, 0.29) is 12.5 Å². The zero-order valence-corrected chi connectivity index (χ0v) is 17.3. The van der Waals surface area contributed by atoms with Gasteiger partial charge in [-0.3, -0.25) is 4.79 Å². The minimum Gasteiger partial charge on any atom is -0.483 e. The Labute approximate surface area is 173 Å². The molecule has 0 bridgehead atoms. The molecule has 2 heterocycles. The van der Waals surface area contributed by atoms with Crippen molar-refractivity contribution in [1.82, 2.24) is 9.97 Å². The van der Waals surface area contributed by atoms with Crippen molar-refractivity contribution < 1.29 is 9.53 Å². The molecule has 2 aromatic heterocycles. The number of thiazole rings is 1. The van der Waals surface area contributed by atoms with Gasteiger partial charge in [0, 0.05) is 17.4 Å². The number of benzene rings is 2. The summed E-state index contributed by atoms with van der Waals surface area (Å²) in [5, 5.41) is 3.83. The van der Waals surface area contributed by atoms with Gasteiger partial charge in [-0.2, -0.15) is 0 Å². The molecule has 0 aliphatic rings. The van der Waals surface area contributed by atoms with E-state index in [2.05, 4.69) is 15.3 Å². The van der Waals surface area contributed by atoms with Crippen LogP contribution in [0.25, 0.3) is 20.9 Å². The summed E-state index contributed by atoms with van der Waals surface area (Å²) >= 11 is 1.53. The third-order valence-electron chi connectivity index (χ3n) is 4.84. The van der Waals surface area contributed by atoms with Crippen molar-refractivity contribution >= 4 is 33.3 Å². The number of hydrogen-bond donors (Lipinski definition) is 1. The van der Waals surface area contributed by atoms with Crippen LogP contribution >= 0.6 is 11.3 Å². The quantitative estimate of drug-likeness (QED) is 0.491. The third-order valence-corrected chi connectivity index (χ3v) is 5.87. The maximum atomic E-state index is 12.5. The number of carbonyl (C=O) groups is 1. The first kappa shape index (κ1) is 19.1. The lowest BCUT2D eigenvalue weighted by molar-refractivity contribution is -0.118. The van der Waals surface area contributed by atoms with E-state index in [0.29, 0.717) is 0 Å². The smallest absolute Gasteiger partial charge is 0.262 e. The van der Waals surface area contributed by atoms with Crippen molar-refractivity contribution in [2.75, 3.05) is 11.9 Å². The molecule has 6 heteroatoms. The second-order valence-electron chi connectivity index (χ2n) is 6.91. The van der Waals surface area contributed by atoms with Crippen molar-refractivity contribution in [1.29, 1.82) is 0 Å². The average molecular weight is 404 g/mol. The highest BCUT2D eigenvalue weighted by Crippen LogP contribution is 2.31. The SMILES string of the molecule is Cc1ccc(-c2nc3cccnc3s2)cc1NC(=O)COc1cccc(C)c1C. The van der Waals surface area contributed by atoms with Gasteiger partial charge in [-0.1, -0.05) is 35.6 Å². The molecule has 1 N–H and O–H groups in total. The van der Waals surface area contributed by atoms with Crippen LogP contribution in [0.5, 0.6) is 5.75 Å². The number of aromatic nitrogens is 2. The number of carbonyl (C=O) groups excluding carboxylic acids is 1. The average Bonchev–Trinajstić information content (AvgIpc) is 3.15. The molecule has 0 aliphatic carbocycles. The fraction of sp³-hybridized carbons (Fsp3) is 0.174. The second kappa shape index (κ2) is 8.01. The lowest BCUT2D eigenvalue weighted by Crippen LogP contribution is -2.21. The van der Waals surface area contributed by atoms with Crippen molar-refractivity contribution in [3.63, 3.8) is 0 Å². The molecule has 1 amide bonds. The third kappa shape index (κ3) is 4.12. The molecule has 29 heavy (non-hydrogen) atoms. The number of fused-ring (bicyclic) bond motifs is 1. The number of nitrogens with one attached hydrogen (secondary N) is 1. The van der Waals surface area contributed by atoms with E-state index in [4.69, 9.17) is 4.74 Å². The Kier molecular flexibility index (Phi) is 5.27. The van der Waals surface area contributed by atoms with E-state index in [0.717, 1.165) is 49.0 Å². The van der Waals surface area contributed by atoms with E-state index in [9.17, 15) is 4.79 Å². The van der Waals surface area contributed by atoms with E-state index < -0.39 is 0 Å². The van der Waals surface area contributed by atoms with E-state index in [1.807, 2.05) is 69.3 Å². The van der Waals surface area contributed by atoms with Crippen LogP contribution in [-0.4, -0.2) is 22.5 Å². The Morgan fingerprint density at radius 2 is 1.93 bits per heavy atom. The van der Waals surface area contributed by atoms with Crippen LogP contribution < -0.4 is 10.1 Å². The number of anilines is 1. The number of amides is 1.